The van der Waals surface area contributed by atoms with Crippen molar-refractivity contribution in [1.82, 2.24) is 5.32 Å². The van der Waals surface area contributed by atoms with Gasteiger partial charge < -0.3 is 5.32 Å². The molecule has 1 nitrogen and oxygen atoms in total. The normalized spacial score (nSPS) is 15.2. The molecule has 0 spiro atoms. The molecule has 21 heavy (non-hydrogen) atoms. The van der Waals surface area contributed by atoms with E-state index < -0.39 is 23.5 Å². The highest BCUT2D eigenvalue weighted by molar-refractivity contribution is 7.12. The van der Waals surface area contributed by atoms with E-state index in [1.54, 1.807) is 11.3 Å². The number of benzene rings is 1. The predicted molar refractivity (Wildman–Crippen MR) is 78.2 cm³/mol. The molecule has 2 aromatic rings. The van der Waals surface area contributed by atoms with E-state index in [1.807, 2.05) is 13.0 Å². The van der Waals surface area contributed by atoms with Crippen molar-refractivity contribution in [2.45, 2.75) is 32.2 Å². The van der Waals surface area contributed by atoms with Crippen LogP contribution in [0.3, 0.4) is 0 Å². The van der Waals surface area contributed by atoms with Crippen LogP contribution in [0.15, 0.2) is 18.2 Å². The minimum Gasteiger partial charge on any atom is -0.306 e. The minimum absolute atomic E-state index is 0.0989. The van der Waals surface area contributed by atoms with Crippen LogP contribution >= 0.6 is 11.3 Å². The molecule has 0 radical (unpaired) electrons. The van der Waals surface area contributed by atoms with Crippen LogP contribution in [0, 0.1) is 17.5 Å². The van der Waals surface area contributed by atoms with Crippen LogP contribution in [0.4, 0.5) is 13.2 Å². The van der Waals surface area contributed by atoms with Gasteiger partial charge in [0.25, 0.3) is 0 Å². The summed E-state index contributed by atoms with van der Waals surface area (Å²) >= 11 is 1.60. The van der Waals surface area contributed by atoms with Crippen LogP contribution in [0.5, 0.6) is 0 Å². The van der Waals surface area contributed by atoms with Gasteiger partial charge in [0.15, 0.2) is 0 Å². The number of thiophene rings is 1. The molecule has 1 heterocycles. The summed E-state index contributed by atoms with van der Waals surface area (Å²) in [6, 6.07) is 2.95. The number of hydrogen-bond donors (Lipinski definition) is 1. The van der Waals surface area contributed by atoms with E-state index in [2.05, 4.69) is 5.32 Å². The summed E-state index contributed by atoms with van der Waals surface area (Å²) in [6.07, 6.45) is 3.21. The van der Waals surface area contributed by atoms with Gasteiger partial charge in [-0.2, -0.15) is 0 Å². The van der Waals surface area contributed by atoms with E-state index in [9.17, 15) is 13.2 Å². The van der Waals surface area contributed by atoms with Crippen LogP contribution in [0.2, 0.25) is 0 Å². The first-order chi connectivity index (χ1) is 10.1. The summed E-state index contributed by atoms with van der Waals surface area (Å²) in [4.78, 5) is 2.20. The van der Waals surface area contributed by atoms with E-state index >= 15 is 0 Å². The third kappa shape index (κ3) is 2.72. The van der Waals surface area contributed by atoms with Gasteiger partial charge >= 0.3 is 0 Å². The largest absolute Gasteiger partial charge is 0.306 e. The third-order valence-corrected chi connectivity index (χ3v) is 5.09. The highest BCUT2D eigenvalue weighted by Crippen LogP contribution is 2.37. The summed E-state index contributed by atoms with van der Waals surface area (Å²) in [6.45, 7) is 2.46. The first-order valence-corrected chi connectivity index (χ1v) is 7.91. The molecule has 0 saturated carbocycles. The molecule has 1 unspecified atom stereocenters. The predicted octanol–water partition coefficient (Wildman–Crippen LogP) is 4.35. The number of hydrogen-bond acceptors (Lipinski definition) is 2. The lowest BCUT2D eigenvalue weighted by Gasteiger charge is -2.18. The van der Waals surface area contributed by atoms with Crippen molar-refractivity contribution < 1.29 is 13.2 Å². The SMILES string of the molecule is CCNC(c1cc2c(s1)CCC2)c1c(F)cc(F)cc1F. The molecule has 112 valence electrons. The standard InChI is InChI=1S/C16H16F3NS/c1-2-20-16(14-6-9-4-3-5-13(9)21-14)15-11(18)7-10(17)8-12(15)19/h6-8,16,20H,2-5H2,1H3. The average molecular weight is 311 g/mol. The zero-order valence-corrected chi connectivity index (χ0v) is 12.5. The third-order valence-electron chi connectivity index (χ3n) is 3.79. The maximum absolute atomic E-state index is 14.1. The molecular weight excluding hydrogens is 295 g/mol. The second-order valence-corrected chi connectivity index (χ2v) is 6.39. The Kier molecular flexibility index (Phi) is 4.04. The molecule has 1 atom stereocenters. The topological polar surface area (TPSA) is 12.0 Å². The summed E-state index contributed by atoms with van der Waals surface area (Å²) < 4.78 is 41.2. The molecule has 1 aromatic heterocycles. The Hall–Kier alpha value is -1.33. The van der Waals surface area contributed by atoms with Crippen LogP contribution in [0.1, 0.15) is 40.3 Å². The fourth-order valence-corrected chi connectivity index (χ4v) is 4.22. The van der Waals surface area contributed by atoms with Crippen molar-refractivity contribution in [3.63, 3.8) is 0 Å². The van der Waals surface area contributed by atoms with Crippen LogP contribution in [-0.2, 0) is 12.8 Å². The summed E-state index contributed by atoms with van der Waals surface area (Å²) in [5.74, 6) is -2.57. The Morgan fingerprint density at radius 3 is 2.48 bits per heavy atom. The molecule has 0 aliphatic heterocycles. The molecule has 0 amide bonds. The Bertz CT molecular complexity index is 621. The van der Waals surface area contributed by atoms with Crippen LogP contribution in [0.25, 0.3) is 0 Å². The first-order valence-electron chi connectivity index (χ1n) is 7.09. The van der Waals surface area contributed by atoms with E-state index in [0.717, 1.165) is 36.3 Å². The Balaban J connectivity index is 2.05. The molecule has 1 aliphatic carbocycles. The molecule has 3 rings (SSSR count). The Morgan fingerprint density at radius 2 is 1.86 bits per heavy atom. The van der Waals surface area contributed by atoms with E-state index in [4.69, 9.17) is 0 Å². The van der Waals surface area contributed by atoms with Crippen molar-refractivity contribution in [3.8, 4) is 0 Å². The molecular formula is C16H16F3NS. The van der Waals surface area contributed by atoms with Gasteiger partial charge in [0.1, 0.15) is 17.5 Å². The molecule has 1 N–H and O–H groups in total. The number of fused-ring (bicyclic) bond motifs is 1. The van der Waals surface area contributed by atoms with Crippen molar-refractivity contribution in [2.75, 3.05) is 6.54 Å². The molecule has 1 aliphatic rings. The average Bonchev–Trinajstić information content (AvgIpc) is 2.96. The molecule has 0 bridgehead atoms. The van der Waals surface area contributed by atoms with E-state index in [-0.39, 0.29) is 5.56 Å². The quantitative estimate of drug-likeness (QED) is 0.885. The summed E-state index contributed by atoms with van der Waals surface area (Å²) in [5, 5.41) is 3.11. The van der Waals surface area contributed by atoms with Crippen LogP contribution < -0.4 is 5.32 Å². The van der Waals surface area contributed by atoms with Gasteiger partial charge in [-0.25, -0.2) is 13.2 Å². The fraction of sp³-hybridized carbons (Fsp3) is 0.375. The lowest BCUT2D eigenvalue weighted by molar-refractivity contribution is 0.494. The highest BCUT2D eigenvalue weighted by atomic mass is 32.1. The van der Waals surface area contributed by atoms with Gasteiger partial charge in [-0.05, 0) is 37.4 Å². The monoisotopic (exact) mass is 311 g/mol. The lowest BCUT2D eigenvalue weighted by Crippen LogP contribution is -2.23. The van der Waals surface area contributed by atoms with E-state index in [0.29, 0.717) is 6.54 Å². The maximum Gasteiger partial charge on any atom is 0.134 e. The minimum atomic E-state index is -0.891. The zero-order valence-electron chi connectivity index (χ0n) is 11.7. The number of aryl methyl sites for hydroxylation is 2. The van der Waals surface area contributed by atoms with Gasteiger partial charge in [0.05, 0.1) is 6.04 Å². The highest BCUT2D eigenvalue weighted by Gasteiger charge is 2.26. The molecule has 0 fully saturated rings. The summed E-state index contributed by atoms with van der Waals surface area (Å²) in [7, 11) is 0. The Morgan fingerprint density at radius 1 is 1.14 bits per heavy atom. The van der Waals surface area contributed by atoms with Crippen molar-refractivity contribution in [3.05, 3.63) is 56.5 Å². The lowest BCUT2D eigenvalue weighted by atomic mass is 10.0. The van der Waals surface area contributed by atoms with Crippen molar-refractivity contribution in [1.29, 1.82) is 0 Å². The number of nitrogens with one attached hydrogen (secondary N) is 1. The van der Waals surface area contributed by atoms with Crippen molar-refractivity contribution >= 4 is 11.3 Å². The molecule has 5 heteroatoms. The number of halogens is 3. The smallest absolute Gasteiger partial charge is 0.134 e. The van der Waals surface area contributed by atoms with Crippen LogP contribution in [-0.4, -0.2) is 6.54 Å². The first kappa shape index (κ1) is 14.6. The van der Waals surface area contributed by atoms with Gasteiger partial charge in [-0.3, -0.25) is 0 Å². The van der Waals surface area contributed by atoms with Gasteiger partial charge in [0.2, 0.25) is 0 Å². The fourth-order valence-electron chi connectivity index (χ4n) is 2.87. The van der Waals surface area contributed by atoms with Crippen molar-refractivity contribution in [2.24, 2.45) is 0 Å². The molecule has 1 aromatic carbocycles. The maximum atomic E-state index is 14.1. The van der Waals surface area contributed by atoms with Gasteiger partial charge in [-0.1, -0.05) is 6.92 Å². The number of rotatable bonds is 4. The van der Waals surface area contributed by atoms with Gasteiger partial charge in [-0.15, -0.1) is 11.3 Å². The second kappa shape index (κ2) is 5.81. The van der Waals surface area contributed by atoms with Gasteiger partial charge in [0, 0.05) is 27.5 Å². The zero-order chi connectivity index (χ0) is 15.0. The second-order valence-electron chi connectivity index (χ2n) is 5.22. The summed E-state index contributed by atoms with van der Waals surface area (Å²) in [5.41, 5.74) is 1.18. The molecule has 0 saturated heterocycles. The van der Waals surface area contributed by atoms with E-state index in [1.165, 1.54) is 10.4 Å². The Labute approximate surface area is 125 Å².